The molecule has 0 saturated carbocycles. The van der Waals surface area contributed by atoms with E-state index >= 15 is 0 Å². The lowest BCUT2D eigenvalue weighted by atomic mass is 9.88. The number of carbonyl (C=O) groups excluding carboxylic acids is 1. The van der Waals surface area contributed by atoms with Crippen molar-refractivity contribution in [1.82, 2.24) is 15.3 Å². The summed E-state index contributed by atoms with van der Waals surface area (Å²) in [5.41, 5.74) is 7.20. The van der Waals surface area contributed by atoms with Crippen molar-refractivity contribution in [3.8, 4) is 0 Å². The largest absolute Gasteiger partial charge is 0.345 e. The summed E-state index contributed by atoms with van der Waals surface area (Å²) in [5, 5.41) is 3.02. The standard InChI is InChI=1S/C15H20N4O/c1-10(2)15(3,9-16)19-14(20)11-5-4-6-12-13(11)18-8-7-17-12/h4-8,10H,9,16H2,1-3H3,(H,19,20). The van der Waals surface area contributed by atoms with Gasteiger partial charge >= 0.3 is 0 Å². The van der Waals surface area contributed by atoms with Crippen molar-refractivity contribution in [1.29, 1.82) is 0 Å². The van der Waals surface area contributed by atoms with Crippen LogP contribution in [0.2, 0.25) is 0 Å². The van der Waals surface area contributed by atoms with Crippen LogP contribution >= 0.6 is 0 Å². The molecule has 0 aliphatic carbocycles. The van der Waals surface area contributed by atoms with Crippen LogP contribution in [0.4, 0.5) is 0 Å². The zero-order valence-electron chi connectivity index (χ0n) is 12.1. The first-order valence-electron chi connectivity index (χ1n) is 6.70. The maximum absolute atomic E-state index is 12.5. The van der Waals surface area contributed by atoms with E-state index in [0.29, 0.717) is 23.1 Å². The minimum absolute atomic E-state index is 0.169. The third kappa shape index (κ3) is 2.63. The molecule has 0 spiro atoms. The van der Waals surface area contributed by atoms with Crippen LogP contribution in [-0.4, -0.2) is 28.0 Å². The molecule has 0 bridgehead atoms. The highest BCUT2D eigenvalue weighted by atomic mass is 16.1. The average Bonchev–Trinajstić information content (AvgIpc) is 2.46. The third-order valence-corrected chi connectivity index (χ3v) is 3.84. The first kappa shape index (κ1) is 14.4. The zero-order chi connectivity index (χ0) is 14.8. The van der Waals surface area contributed by atoms with Crippen molar-refractivity contribution < 1.29 is 4.79 Å². The van der Waals surface area contributed by atoms with Crippen LogP contribution in [0.5, 0.6) is 0 Å². The summed E-state index contributed by atoms with van der Waals surface area (Å²) in [6.07, 6.45) is 3.20. The molecule has 1 aromatic heterocycles. The smallest absolute Gasteiger partial charge is 0.254 e. The quantitative estimate of drug-likeness (QED) is 0.888. The van der Waals surface area contributed by atoms with Crippen molar-refractivity contribution in [2.45, 2.75) is 26.3 Å². The Bertz CT molecular complexity index is 621. The molecule has 5 nitrogen and oxygen atoms in total. The highest BCUT2D eigenvalue weighted by molar-refractivity contribution is 6.04. The van der Waals surface area contributed by atoms with Gasteiger partial charge < -0.3 is 11.1 Å². The molecule has 0 radical (unpaired) electrons. The summed E-state index contributed by atoms with van der Waals surface area (Å²) < 4.78 is 0. The van der Waals surface area contributed by atoms with Gasteiger partial charge in [0.1, 0.15) is 5.52 Å². The van der Waals surface area contributed by atoms with E-state index in [-0.39, 0.29) is 11.8 Å². The Morgan fingerprint density at radius 3 is 2.70 bits per heavy atom. The van der Waals surface area contributed by atoms with E-state index in [1.807, 2.05) is 26.8 Å². The second-order valence-corrected chi connectivity index (χ2v) is 5.46. The van der Waals surface area contributed by atoms with Gasteiger partial charge in [-0.15, -0.1) is 0 Å². The van der Waals surface area contributed by atoms with E-state index in [9.17, 15) is 4.79 Å². The van der Waals surface area contributed by atoms with Crippen molar-refractivity contribution in [2.24, 2.45) is 11.7 Å². The molecule has 5 heteroatoms. The lowest BCUT2D eigenvalue weighted by Gasteiger charge is -2.33. The molecular formula is C15H20N4O. The Morgan fingerprint density at radius 2 is 2.05 bits per heavy atom. The molecule has 2 aromatic rings. The predicted molar refractivity (Wildman–Crippen MR) is 79.3 cm³/mol. The molecule has 0 fully saturated rings. The van der Waals surface area contributed by atoms with Gasteiger partial charge in [-0.1, -0.05) is 19.9 Å². The maximum Gasteiger partial charge on any atom is 0.254 e. The lowest BCUT2D eigenvalue weighted by molar-refractivity contribution is 0.0885. The third-order valence-electron chi connectivity index (χ3n) is 3.84. The molecule has 0 aliphatic rings. The van der Waals surface area contributed by atoms with Crippen molar-refractivity contribution in [3.05, 3.63) is 36.2 Å². The summed E-state index contributed by atoms with van der Waals surface area (Å²) >= 11 is 0. The molecule has 0 saturated heterocycles. The topological polar surface area (TPSA) is 80.9 Å². The molecular weight excluding hydrogens is 252 g/mol. The van der Waals surface area contributed by atoms with Gasteiger partial charge in [0.15, 0.2) is 0 Å². The fraction of sp³-hybridized carbons (Fsp3) is 0.400. The second kappa shape index (κ2) is 5.54. The van der Waals surface area contributed by atoms with E-state index in [4.69, 9.17) is 5.73 Å². The van der Waals surface area contributed by atoms with Gasteiger partial charge in [0.2, 0.25) is 0 Å². The number of aromatic nitrogens is 2. The van der Waals surface area contributed by atoms with E-state index in [1.165, 1.54) is 0 Å². The number of rotatable bonds is 4. The molecule has 2 rings (SSSR count). The Kier molecular flexibility index (Phi) is 3.99. The number of hydrogen-bond acceptors (Lipinski definition) is 4. The van der Waals surface area contributed by atoms with Gasteiger partial charge in [-0.05, 0) is 25.0 Å². The van der Waals surface area contributed by atoms with Crippen LogP contribution in [-0.2, 0) is 0 Å². The summed E-state index contributed by atoms with van der Waals surface area (Å²) in [6, 6.07) is 5.40. The highest BCUT2D eigenvalue weighted by Crippen LogP contribution is 2.18. The monoisotopic (exact) mass is 272 g/mol. The fourth-order valence-electron chi connectivity index (χ4n) is 1.93. The predicted octanol–water partition coefficient (Wildman–Crippen LogP) is 1.73. The van der Waals surface area contributed by atoms with Crippen LogP contribution in [0.15, 0.2) is 30.6 Å². The minimum atomic E-state index is -0.443. The van der Waals surface area contributed by atoms with Gasteiger partial charge in [0.05, 0.1) is 16.6 Å². The molecule has 1 amide bonds. The second-order valence-electron chi connectivity index (χ2n) is 5.46. The van der Waals surface area contributed by atoms with E-state index < -0.39 is 5.54 Å². The van der Waals surface area contributed by atoms with Gasteiger partial charge in [-0.3, -0.25) is 14.8 Å². The molecule has 1 atom stereocenters. The van der Waals surface area contributed by atoms with Crippen molar-refractivity contribution in [3.63, 3.8) is 0 Å². The molecule has 1 aromatic carbocycles. The van der Waals surface area contributed by atoms with E-state index in [0.717, 1.165) is 0 Å². The van der Waals surface area contributed by atoms with Crippen molar-refractivity contribution in [2.75, 3.05) is 6.54 Å². The number of nitrogens with one attached hydrogen (secondary N) is 1. The summed E-state index contributed by atoms with van der Waals surface area (Å²) in [6.45, 7) is 6.41. The number of fused-ring (bicyclic) bond motifs is 1. The molecule has 1 unspecified atom stereocenters. The van der Waals surface area contributed by atoms with Crippen LogP contribution in [0.25, 0.3) is 11.0 Å². The fourth-order valence-corrected chi connectivity index (χ4v) is 1.93. The molecule has 106 valence electrons. The Morgan fingerprint density at radius 1 is 1.35 bits per heavy atom. The summed E-state index contributed by atoms with van der Waals surface area (Å²) in [4.78, 5) is 21.0. The van der Waals surface area contributed by atoms with E-state index in [1.54, 1.807) is 24.5 Å². The zero-order valence-corrected chi connectivity index (χ0v) is 12.1. The molecule has 0 aliphatic heterocycles. The Hall–Kier alpha value is -2.01. The Balaban J connectivity index is 2.37. The average molecular weight is 272 g/mol. The number of hydrogen-bond donors (Lipinski definition) is 2. The van der Waals surface area contributed by atoms with Crippen LogP contribution < -0.4 is 11.1 Å². The number of amides is 1. The SMILES string of the molecule is CC(C)C(C)(CN)NC(=O)c1cccc2nccnc12. The number of para-hydroxylation sites is 1. The maximum atomic E-state index is 12.5. The van der Waals surface area contributed by atoms with Crippen LogP contribution in [0.3, 0.4) is 0 Å². The first-order chi connectivity index (χ1) is 9.48. The minimum Gasteiger partial charge on any atom is -0.345 e. The van der Waals surface area contributed by atoms with Gasteiger partial charge in [-0.2, -0.15) is 0 Å². The number of nitrogens with two attached hydrogens (primary N) is 1. The van der Waals surface area contributed by atoms with E-state index in [2.05, 4.69) is 15.3 Å². The van der Waals surface area contributed by atoms with Gasteiger partial charge in [-0.25, -0.2) is 0 Å². The highest BCUT2D eigenvalue weighted by Gasteiger charge is 2.29. The molecule has 1 heterocycles. The Labute approximate surface area is 118 Å². The molecule has 20 heavy (non-hydrogen) atoms. The lowest BCUT2D eigenvalue weighted by Crippen LogP contribution is -2.55. The van der Waals surface area contributed by atoms with Crippen molar-refractivity contribution >= 4 is 16.9 Å². The number of nitrogens with zero attached hydrogens (tertiary/aromatic N) is 2. The number of benzene rings is 1. The number of carbonyl (C=O) groups is 1. The molecule has 3 N–H and O–H groups in total. The summed E-state index contributed by atoms with van der Waals surface area (Å²) in [5.74, 6) is 0.0651. The van der Waals surface area contributed by atoms with Crippen LogP contribution in [0.1, 0.15) is 31.1 Å². The normalized spacial score (nSPS) is 14.2. The van der Waals surface area contributed by atoms with Crippen LogP contribution in [0, 0.1) is 5.92 Å². The first-order valence-corrected chi connectivity index (χ1v) is 6.70. The van der Waals surface area contributed by atoms with Gasteiger partial charge in [0.25, 0.3) is 5.91 Å². The summed E-state index contributed by atoms with van der Waals surface area (Å²) in [7, 11) is 0. The van der Waals surface area contributed by atoms with Gasteiger partial charge in [0, 0.05) is 18.9 Å².